The second-order valence-electron chi connectivity index (χ2n) is 6.13. The fraction of sp³-hybridized carbons (Fsp3) is 0.600. The number of nitrogen functional groups attached to an aromatic ring is 1. The zero-order valence-corrected chi connectivity index (χ0v) is 14.5. The largest absolute Gasteiger partial charge is 0.398 e. The van der Waals surface area contributed by atoms with Crippen LogP contribution in [0.2, 0.25) is 5.02 Å². The van der Waals surface area contributed by atoms with Crippen LogP contribution in [0.25, 0.3) is 0 Å². The van der Waals surface area contributed by atoms with Gasteiger partial charge in [0.25, 0.3) is 0 Å². The van der Waals surface area contributed by atoms with Gasteiger partial charge in [-0.2, -0.15) is 0 Å². The van der Waals surface area contributed by atoms with Crippen molar-refractivity contribution in [3.8, 4) is 0 Å². The zero-order chi connectivity index (χ0) is 16.1. The summed E-state index contributed by atoms with van der Waals surface area (Å²) in [7, 11) is -3.64. The van der Waals surface area contributed by atoms with Crippen molar-refractivity contribution in [2.45, 2.75) is 51.3 Å². The molecule has 6 heteroatoms. The number of sulfonamides is 1. The molecule has 0 heterocycles. The number of hydrogen-bond donors (Lipinski definition) is 2. The van der Waals surface area contributed by atoms with E-state index < -0.39 is 10.0 Å². The Balaban J connectivity index is 2.75. The molecule has 0 spiro atoms. The number of unbranched alkanes of at least 4 members (excludes halogenated alkanes) is 2. The summed E-state index contributed by atoms with van der Waals surface area (Å²) in [6, 6.07) is 4.46. The Morgan fingerprint density at radius 3 is 2.57 bits per heavy atom. The molecule has 0 fully saturated rings. The van der Waals surface area contributed by atoms with E-state index in [1.54, 1.807) is 6.07 Å². The number of anilines is 1. The molecule has 0 amide bonds. The maximum Gasteiger partial charge on any atom is 0.242 e. The van der Waals surface area contributed by atoms with Gasteiger partial charge in [0.15, 0.2) is 0 Å². The quantitative estimate of drug-likeness (QED) is 0.561. The van der Waals surface area contributed by atoms with Crippen LogP contribution < -0.4 is 10.5 Å². The molecule has 1 aromatic carbocycles. The summed E-state index contributed by atoms with van der Waals surface area (Å²) in [6.45, 7) is 6.65. The third kappa shape index (κ3) is 5.85. The van der Waals surface area contributed by atoms with Gasteiger partial charge in [-0.15, -0.1) is 0 Å². The lowest BCUT2D eigenvalue weighted by Gasteiger charge is -2.25. The highest BCUT2D eigenvalue weighted by molar-refractivity contribution is 7.89. The highest BCUT2D eigenvalue weighted by Gasteiger charge is 2.23. The van der Waals surface area contributed by atoms with Crippen LogP contribution in [-0.2, 0) is 10.0 Å². The average molecular weight is 333 g/mol. The molecule has 0 aliphatic carbocycles. The fourth-order valence-corrected chi connectivity index (χ4v) is 3.68. The van der Waals surface area contributed by atoms with Gasteiger partial charge in [0.05, 0.1) is 5.69 Å². The summed E-state index contributed by atoms with van der Waals surface area (Å²) in [5, 5.41) is 0.354. The van der Waals surface area contributed by atoms with E-state index >= 15 is 0 Å². The van der Waals surface area contributed by atoms with Crippen molar-refractivity contribution in [1.82, 2.24) is 4.72 Å². The molecule has 0 atom stereocenters. The Morgan fingerprint density at radius 1 is 1.29 bits per heavy atom. The van der Waals surface area contributed by atoms with Crippen LogP contribution in [-0.4, -0.2) is 15.0 Å². The number of nitrogens with two attached hydrogens (primary N) is 1. The lowest BCUT2D eigenvalue weighted by molar-refractivity contribution is 0.320. The van der Waals surface area contributed by atoms with Gasteiger partial charge in [0, 0.05) is 11.6 Å². The second kappa shape index (κ2) is 7.47. The molecular weight excluding hydrogens is 308 g/mol. The number of hydrogen-bond acceptors (Lipinski definition) is 3. The highest BCUT2D eigenvalue weighted by atomic mass is 35.5. The molecule has 0 saturated carbocycles. The van der Waals surface area contributed by atoms with E-state index in [-0.39, 0.29) is 16.0 Å². The molecule has 1 rings (SSSR count). The van der Waals surface area contributed by atoms with E-state index in [9.17, 15) is 8.42 Å². The molecule has 0 saturated heterocycles. The van der Waals surface area contributed by atoms with Gasteiger partial charge in [-0.3, -0.25) is 0 Å². The van der Waals surface area contributed by atoms with Crippen LogP contribution in [0, 0.1) is 5.41 Å². The summed E-state index contributed by atoms with van der Waals surface area (Å²) < 4.78 is 27.3. The average Bonchev–Trinajstić information content (AvgIpc) is 2.40. The van der Waals surface area contributed by atoms with E-state index in [0.717, 1.165) is 25.7 Å². The highest BCUT2D eigenvalue weighted by Crippen LogP contribution is 2.26. The van der Waals surface area contributed by atoms with Crippen LogP contribution in [0.4, 0.5) is 5.69 Å². The van der Waals surface area contributed by atoms with E-state index in [1.165, 1.54) is 12.1 Å². The second-order valence-corrected chi connectivity index (χ2v) is 8.30. The maximum atomic E-state index is 12.3. The Hall–Kier alpha value is -0.780. The number of nitrogens with one attached hydrogen (secondary N) is 1. The van der Waals surface area contributed by atoms with Gasteiger partial charge in [-0.25, -0.2) is 13.1 Å². The Bertz CT molecular complexity index is 571. The number of rotatable bonds is 8. The molecule has 0 unspecified atom stereocenters. The molecule has 0 aromatic heterocycles. The summed E-state index contributed by atoms with van der Waals surface area (Å²) in [5.41, 5.74) is 5.85. The van der Waals surface area contributed by atoms with Crippen LogP contribution in [0.1, 0.15) is 46.5 Å². The SMILES string of the molecule is CCCCCC(C)(C)CNS(=O)(=O)c1cc(Cl)ccc1N. The molecule has 120 valence electrons. The van der Waals surface area contributed by atoms with Crippen LogP contribution >= 0.6 is 11.6 Å². The van der Waals surface area contributed by atoms with Crippen LogP contribution in [0.15, 0.2) is 23.1 Å². The standard InChI is InChI=1S/C15H25ClN2O2S/c1-4-5-6-9-15(2,3)11-18-21(19,20)14-10-12(16)7-8-13(14)17/h7-8,10,18H,4-6,9,11,17H2,1-3H3. The molecule has 0 bridgehead atoms. The number of benzene rings is 1. The van der Waals surface area contributed by atoms with E-state index in [2.05, 4.69) is 25.5 Å². The maximum absolute atomic E-state index is 12.3. The molecule has 3 N–H and O–H groups in total. The lowest BCUT2D eigenvalue weighted by Crippen LogP contribution is -2.34. The first kappa shape index (κ1) is 18.3. The summed E-state index contributed by atoms with van der Waals surface area (Å²) in [5.74, 6) is 0. The molecular formula is C15H25ClN2O2S. The van der Waals surface area contributed by atoms with Crippen molar-refractivity contribution in [2.75, 3.05) is 12.3 Å². The predicted molar refractivity (Wildman–Crippen MR) is 89.0 cm³/mol. The van der Waals surface area contributed by atoms with Crippen molar-refractivity contribution >= 4 is 27.3 Å². The van der Waals surface area contributed by atoms with E-state index in [1.807, 2.05) is 0 Å². The van der Waals surface area contributed by atoms with Crippen molar-refractivity contribution in [3.63, 3.8) is 0 Å². The van der Waals surface area contributed by atoms with Crippen LogP contribution in [0.3, 0.4) is 0 Å². The van der Waals surface area contributed by atoms with Gasteiger partial charge in [0.1, 0.15) is 4.90 Å². The van der Waals surface area contributed by atoms with Gasteiger partial charge in [-0.1, -0.05) is 51.6 Å². The van der Waals surface area contributed by atoms with Crippen molar-refractivity contribution in [1.29, 1.82) is 0 Å². The third-order valence-electron chi connectivity index (χ3n) is 3.46. The molecule has 0 aliphatic heterocycles. The molecule has 21 heavy (non-hydrogen) atoms. The molecule has 0 radical (unpaired) electrons. The number of halogens is 1. The molecule has 0 aliphatic rings. The first-order chi connectivity index (χ1) is 9.68. The molecule has 1 aromatic rings. The van der Waals surface area contributed by atoms with Crippen LogP contribution in [0.5, 0.6) is 0 Å². The lowest BCUT2D eigenvalue weighted by atomic mass is 9.87. The van der Waals surface area contributed by atoms with E-state index in [0.29, 0.717) is 11.6 Å². The van der Waals surface area contributed by atoms with Crippen molar-refractivity contribution in [3.05, 3.63) is 23.2 Å². The normalized spacial score (nSPS) is 12.6. The van der Waals surface area contributed by atoms with Gasteiger partial charge in [-0.05, 0) is 30.0 Å². The van der Waals surface area contributed by atoms with Gasteiger partial charge >= 0.3 is 0 Å². The Kier molecular flexibility index (Phi) is 6.50. The van der Waals surface area contributed by atoms with Gasteiger partial charge < -0.3 is 5.73 Å². The van der Waals surface area contributed by atoms with Crippen molar-refractivity contribution < 1.29 is 8.42 Å². The Labute approximate surface area is 133 Å². The topological polar surface area (TPSA) is 72.2 Å². The minimum Gasteiger partial charge on any atom is -0.398 e. The monoisotopic (exact) mass is 332 g/mol. The van der Waals surface area contributed by atoms with Gasteiger partial charge in [0.2, 0.25) is 10.0 Å². The molecule has 4 nitrogen and oxygen atoms in total. The minimum absolute atomic E-state index is 0.0411. The van der Waals surface area contributed by atoms with E-state index in [4.69, 9.17) is 17.3 Å². The first-order valence-electron chi connectivity index (χ1n) is 7.23. The van der Waals surface area contributed by atoms with Crippen molar-refractivity contribution in [2.24, 2.45) is 5.41 Å². The fourth-order valence-electron chi connectivity index (χ4n) is 2.05. The minimum atomic E-state index is -3.64. The first-order valence-corrected chi connectivity index (χ1v) is 9.09. The zero-order valence-electron chi connectivity index (χ0n) is 12.9. The third-order valence-corrected chi connectivity index (χ3v) is 5.16. The summed E-state index contributed by atoms with van der Waals surface area (Å²) in [4.78, 5) is 0.0411. The smallest absolute Gasteiger partial charge is 0.242 e. The Morgan fingerprint density at radius 2 is 1.95 bits per heavy atom. The predicted octanol–water partition coefficient (Wildman–Crippen LogP) is 3.81. The summed E-state index contributed by atoms with van der Waals surface area (Å²) >= 11 is 5.85. The summed E-state index contributed by atoms with van der Waals surface area (Å²) in [6.07, 6.45) is 4.40.